The fourth-order valence-electron chi connectivity index (χ4n) is 2.98. The van der Waals surface area contributed by atoms with Gasteiger partial charge in [0.2, 0.25) is 0 Å². The van der Waals surface area contributed by atoms with E-state index in [9.17, 15) is 0 Å². The molecule has 0 spiro atoms. The lowest BCUT2D eigenvalue weighted by atomic mass is 9.81. The van der Waals surface area contributed by atoms with Gasteiger partial charge in [-0.2, -0.15) is 12.6 Å². The predicted molar refractivity (Wildman–Crippen MR) is 91.6 cm³/mol. The van der Waals surface area contributed by atoms with Gasteiger partial charge in [0, 0.05) is 18.9 Å². The first kappa shape index (κ1) is 15.6. The standard InChI is InChI=1S/C16H24N2S2/c1-3-7-16(13-19,8-4-2)12-18-10-9-17-15(18)14-6-5-11-20-14/h5-6,9-11,19H,3-4,7-8,12-13H2,1-2H3. The summed E-state index contributed by atoms with van der Waals surface area (Å²) in [5, 5.41) is 2.11. The van der Waals surface area contributed by atoms with Crippen LogP contribution < -0.4 is 0 Å². The third kappa shape index (κ3) is 3.47. The van der Waals surface area contributed by atoms with Crippen LogP contribution in [0.15, 0.2) is 29.9 Å². The highest BCUT2D eigenvalue weighted by Gasteiger charge is 2.28. The number of hydrogen-bond donors (Lipinski definition) is 1. The van der Waals surface area contributed by atoms with Gasteiger partial charge in [-0.05, 0) is 35.5 Å². The van der Waals surface area contributed by atoms with E-state index in [1.165, 1.54) is 30.6 Å². The summed E-state index contributed by atoms with van der Waals surface area (Å²) in [5.74, 6) is 2.04. The van der Waals surface area contributed by atoms with Gasteiger partial charge in [0.15, 0.2) is 0 Å². The molecule has 0 aromatic carbocycles. The quantitative estimate of drug-likeness (QED) is 0.669. The van der Waals surface area contributed by atoms with E-state index in [0.29, 0.717) is 5.41 Å². The molecule has 20 heavy (non-hydrogen) atoms. The molecule has 2 rings (SSSR count). The van der Waals surface area contributed by atoms with Crippen molar-refractivity contribution in [1.29, 1.82) is 0 Å². The van der Waals surface area contributed by atoms with Crippen molar-refractivity contribution >= 4 is 24.0 Å². The molecule has 110 valence electrons. The van der Waals surface area contributed by atoms with Crippen LogP contribution in [0.2, 0.25) is 0 Å². The Kier molecular flexibility index (Phi) is 5.73. The summed E-state index contributed by atoms with van der Waals surface area (Å²) >= 11 is 6.41. The highest BCUT2D eigenvalue weighted by Crippen LogP contribution is 2.35. The lowest BCUT2D eigenvalue weighted by Crippen LogP contribution is -2.29. The van der Waals surface area contributed by atoms with Crippen molar-refractivity contribution in [2.24, 2.45) is 5.41 Å². The van der Waals surface area contributed by atoms with Gasteiger partial charge in [-0.25, -0.2) is 4.98 Å². The van der Waals surface area contributed by atoms with Crippen molar-refractivity contribution in [3.63, 3.8) is 0 Å². The topological polar surface area (TPSA) is 17.8 Å². The van der Waals surface area contributed by atoms with Crippen molar-refractivity contribution in [3.8, 4) is 10.7 Å². The largest absolute Gasteiger partial charge is 0.330 e. The molecule has 0 aliphatic carbocycles. The van der Waals surface area contributed by atoms with E-state index in [4.69, 9.17) is 0 Å². The first-order valence-corrected chi connectivity index (χ1v) is 8.92. The number of rotatable bonds is 8. The van der Waals surface area contributed by atoms with Crippen molar-refractivity contribution in [3.05, 3.63) is 29.9 Å². The molecule has 0 N–H and O–H groups in total. The average Bonchev–Trinajstić information content (AvgIpc) is 3.09. The van der Waals surface area contributed by atoms with E-state index in [1.54, 1.807) is 11.3 Å². The zero-order chi connectivity index (χ0) is 14.4. The molecule has 2 aromatic rings. The molecule has 0 radical (unpaired) electrons. The van der Waals surface area contributed by atoms with Gasteiger partial charge >= 0.3 is 0 Å². The zero-order valence-electron chi connectivity index (χ0n) is 12.4. The molecule has 2 heterocycles. The number of nitrogens with zero attached hydrogens (tertiary/aromatic N) is 2. The van der Waals surface area contributed by atoms with Gasteiger partial charge in [-0.3, -0.25) is 0 Å². The van der Waals surface area contributed by atoms with Crippen LogP contribution in [0.4, 0.5) is 0 Å². The highest BCUT2D eigenvalue weighted by atomic mass is 32.1. The molecule has 0 bridgehead atoms. The number of thiol groups is 1. The van der Waals surface area contributed by atoms with E-state index in [0.717, 1.165) is 18.1 Å². The molecule has 0 atom stereocenters. The van der Waals surface area contributed by atoms with Crippen molar-refractivity contribution in [2.45, 2.75) is 46.1 Å². The number of imidazole rings is 1. The Hall–Kier alpha value is -0.740. The fourth-order valence-corrected chi connectivity index (χ4v) is 4.13. The Morgan fingerprint density at radius 1 is 1.30 bits per heavy atom. The minimum absolute atomic E-state index is 0.291. The summed E-state index contributed by atoms with van der Waals surface area (Å²) in [4.78, 5) is 5.79. The molecule has 2 aromatic heterocycles. The van der Waals surface area contributed by atoms with Crippen LogP contribution in [0.1, 0.15) is 39.5 Å². The van der Waals surface area contributed by atoms with Crippen molar-refractivity contribution < 1.29 is 0 Å². The van der Waals surface area contributed by atoms with Gasteiger partial charge in [-0.15, -0.1) is 11.3 Å². The van der Waals surface area contributed by atoms with E-state index < -0.39 is 0 Å². The lowest BCUT2D eigenvalue weighted by molar-refractivity contribution is 0.233. The van der Waals surface area contributed by atoms with Gasteiger partial charge in [0.1, 0.15) is 5.82 Å². The Balaban J connectivity index is 2.25. The van der Waals surface area contributed by atoms with Crippen LogP contribution in [-0.2, 0) is 6.54 Å². The SMILES string of the molecule is CCCC(CS)(CCC)Cn1ccnc1-c1cccs1. The molecule has 0 saturated carbocycles. The maximum absolute atomic E-state index is 4.66. The average molecular weight is 309 g/mol. The van der Waals surface area contributed by atoms with Crippen molar-refractivity contribution in [1.82, 2.24) is 9.55 Å². The molecule has 0 saturated heterocycles. The summed E-state index contributed by atoms with van der Waals surface area (Å²) in [6.45, 7) is 5.55. The van der Waals surface area contributed by atoms with E-state index in [-0.39, 0.29) is 0 Å². The number of hydrogen-bond acceptors (Lipinski definition) is 3. The van der Waals surface area contributed by atoms with Crippen LogP contribution in [0.3, 0.4) is 0 Å². The second kappa shape index (κ2) is 7.32. The fraction of sp³-hybridized carbons (Fsp3) is 0.562. The minimum Gasteiger partial charge on any atom is -0.330 e. The maximum atomic E-state index is 4.66. The summed E-state index contributed by atoms with van der Waals surface area (Å²) in [7, 11) is 0. The second-order valence-electron chi connectivity index (χ2n) is 5.51. The molecule has 0 amide bonds. The highest BCUT2D eigenvalue weighted by molar-refractivity contribution is 7.80. The summed E-state index contributed by atoms with van der Waals surface area (Å²) in [6, 6.07) is 4.23. The Morgan fingerprint density at radius 2 is 2.05 bits per heavy atom. The van der Waals surface area contributed by atoms with Crippen LogP contribution in [0.25, 0.3) is 10.7 Å². The summed E-state index contributed by atoms with van der Waals surface area (Å²) in [5.41, 5.74) is 0.291. The Labute approximate surface area is 131 Å². The van der Waals surface area contributed by atoms with Crippen LogP contribution in [0.5, 0.6) is 0 Å². The number of aromatic nitrogens is 2. The summed E-state index contributed by atoms with van der Waals surface area (Å²) < 4.78 is 2.31. The van der Waals surface area contributed by atoms with Gasteiger partial charge < -0.3 is 4.57 Å². The molecular weight excluding hydrogens is 284 g/mol. The maximum Gasteiger partial charge on any atom is 0.150 e. The zero-order valence-corrected chi connectivity index (χ0v) is 14.1. The minimum atomic E-state index is 0.291. The van der Waals surface area contributed by atoms with E-state index in [1.807, 2.05) is 6.20 Å². The molecule has 0 aliphatic rings. The second-order valence-corrected chi connectivity index (χ2v) is 6.78. The number of thiophene rings is 1. The molecule has 0 fully saturated rings. The van der Waals surface area contributed by atoms with Gasteiger partial charge in [0.25, 0.3) is 0 Å². The Morgan fingerprint density at radius 3 is 2.60 bits per heavy atom. The van der Waals surface area contributed by atoms with Crippen molar-refractivity contribution in [2.75, 3.05) is 5.75 Å². The molecule has 2 nitrogen and oxygen atoms in total. The third-order valence-corrected chi connectivity index (χ3v) is 5.40. The van der Waals surface area contributed by atoms with Crippen LogP contribution >= 0.6 is 24.0 Å². The normalized spacial score (nSPS) is 11.9. The smallest absolute Gasteiger partial charge is 0.150 e. The van der Waals surface area contributed by atoms with Gasteiger partial charge in [-0.1, -0.05) is 32.8 Å². The molecule has 0 aliphatic heterocycles. The van der Waals surface area contributed by atoms with Crippen LogP contribution in [-0.4, -0.2) is 15.3 Å². The summed E-state index contributed by atoms with van der Waals surface area (Å²) in [6.07, 6.45) is 8.90. The molecular formula is C16H24N2S2. The third-order valence-electron chi connectivity index (χ3n) is 3.86. The van der Waals surface area contributed by atoms with Crippen LogP contribution in [0, 0.1) is 5.41 Å². The first-order valence-electron chi connectivity index (χ1n) is 7.40. The molecule has 0 unspecified atom stereocenters. The monoisotopic (exact) mass is 308 g/mol. The Bertz CT molecular complexity index is 496. The van der Waals surface area contributed by atoms with Gasteiger partial charge in [0.05, 0.1) is 4.88 Å². The predicted octanol–water partition coefficient (Wildman–Crippen LogP) is 5.13. The lowest BCUT2D eigenvalue weighted by Gasteiger charge is -2.33. The molecule has 4 heteroatoms. The van der Waals surface area contributed by atoms with E-state index in [2.05, 4.69) is 59.7 Å². The first-order chi connectivity index (χ1) is 9.74. The van der Waals surface area contributed by atoms with E-state index >= 15 is 0 Å².